The fraction of sp³-hybridized carbons (Fsp3) is 0.0909. The maximum Gasteiger partial charge on any atom is 0.256 e. The lowest BCUT2D eigenvalue weighted by Crippen LogP contribution is -2.39. The Bertz CT molecular complexity index is 1040. The molecule has 0 bridgehead atoms. The van der Waals surface area contributed by atoms with Gasteiger partial charge in [0.1, 0.15) is 0 Å². The summed E-state index contributed by atoms with van der Waals surface area (Å²) in [5, 5.41) is 6.21. The number of hydrogen-bond donors (Lipinski definition) is 4. The molecule has 8 heteroatoms. The summed E-state index contributed by atoms with van der Waals surface area (Å²) in [6.45, 7) is 0.0141. The van der Waals surface area contributed by atoms with Crippen molar-refractivity contribution in [2.24, 2.45) is 5.84 Å². The molecule has 0 unspecified atom stereocenters. The third kappa shape index (κ3) is 5.54. The number of carbonyl (C=O) groups excluding carboxylic acids is 2. The van der Waals surface area contributed by atoms with Crippen molar-refractivity contribution in [2.45, 2.75) is 6.04 Å². The monoisotopic (exact) mass is 530 g/mol. The normalized spacial score (nSPS) is 11.6. The first-order valence-corrected chi connectivity index (χ1v) is 10.7. The highest BCUT2D eigenvalue weighted by Gasteiger charge is 2.20. The molecule has 0 aliphatic rings. The first-order valence-electron chi connectivity index (χ1n) is 9.12. The molecule has 154 valence electrons. The van der Waals surface area contributed by atoms with Crippen LogP contribution in [0.15, 0.2) is 81.7 Å². The summed E-state index contributed by atoms with van der Waals surface area (Å²) in [6, 6.07) is 22.1. The maximum absolute atomic E-state index is 12.9. The zero-order valence-electron chi connectivity index (χ0n) is 15.9. The van der Waals surface area contributed by atoms with Crippen LogP contribution in [-0.2, 0) is 4.79 Å². The number of halogens is 2. The second-order valence-corrected chi connectivity index (χ2v) is 8.23. The van der Waals surface area contributed by atoms with Crippen LogP contribution in [0.3, 0.4) is 0 Å². The second kappa shape index (κ2) is 10.5. The summed E-state index contributed by atoms with van der Waals surface area (Å²) in [4.78, 5) is 24.6. The summed E-state index contributed by atoms with van der Waals surface area (Å²) in [7, 11) is 0. The smallest absolute Gasteiger partial charge is 0.256 e. The van der Waals surface area contributed by atoms with Gasteiger partial charge in [0.15, 0.2) is 0 Å². The minimum atomic E-state index is -0.351. The van der Waals surface area contributed by atoms with Gasteiger partial charge in [-0.3, -0.25) is 20.3 Å². The second-order valence-electron chi connectivity index (χ2n) is 6.46. The Morgan fingerprint density at radius 3 is 2.33 bits per heavy atom. The largest absolute Gasteiger partial charge is 0.322 e. The number of hydrogen-bond acceptors (Lipinski definition) is 4. The zero-order valence-corrected chi connectivity index (χ0v) is 19.0. The van der Waals surface area contributed by atoms with Crippen molar-refractivity contribution in [3.8, 4) is 0 Å². The molecule has 0 spiro atoms. The van der Waals surface area contributed by atoms with Crippen molar-refractivity contribution in [3.05, 3.63) is 98.4 Å². The number of benzene rings is 3. The van der Waals surface area contributed by atoms with Crippen LogP contribution < -0.4 is 21.9 Å². The molecule has 3 aromatic rings. The Hall–Kier alpha value is -2.52. The number of nitrogens with two attached hydrogens (primary N) is 1. The topological polar surface area (TPSA) is 96.2 Å². The molecule has 0 fully saturated rings. The SMILES string of the molecule is NNC(=O)CN[C@@H](c1ccccc1)c1cc(Br)ccc1NC(=O)c1ccccc1Br. The van der Waals surface area contributed by atoms with Crippen LogP contribution in [0.25, 0.3) is 0 Å². The summed E-state index contributed by atoms with van der Waals surface area (Å²) in [5.74, 6) is 4.64. The lowest BCUT2D eigenvalue weighted by atomic mass is 9.96. The van der Waals surface area contributed by atoms with E-state index in [4.69, 9.17) is 5.84 Å². The Morgan fingerprint density at radius 2 is 1.63 bits per heavy atom. The molecular formula is C22H20Br2N4O2. The summed E-state index contributed by atoms with van der Waals surface area (Å²) in [6.07, 6.45) is 0. The van der Waals surface area contributed by atoms with Crippen molar-refractivity contribution >= 4 is 49.4 Å². The van der Waals surface area contributed by atoms with Gasteiger partial charge in [-0.05, 0) is 57.4 Å². The highest BCUT2D eigenvalue weighted by atomic mass is 79.9. The van der Waals surface area contributed by atoms with Crippen LogP contribution in [0.2, 0.25) is 0 Å². The molecule has 0 aliphatic heterocycles. The Morgan fingerprint density at radius 1 is 0.933 bits per heavy atom. The van der Waals surface area contributed by atoms with Crippen molar-refractivity contribution in [2.75, 3.05) is 11.9 Å². The number of nitrogens with one attached hydrogen (secondary N) is 3. The molecule has 3 aromatic carbocycles. The van der Waals surface area contributed by atoms with E-state index >= 15 is 0 Å². The van der Waals surface area contributed by atoms with Crippen molar-refractivity contribution in [1.82, 2.24) is 10.7 Å². The summed E-state index contributed by atoms with van der Waals surface area (Å²) < 4.78 is 1.56. The molecule has 3 rings (SSSR count). The van der Waals surface area contributed by atoms with Crippen LogP contribution in [0.4, 0.5) is 5.69 Å². The van der Waals surface area contributed by atoms with Gasteiger partial charge < -0.3 is 5.32 Å². The van der Waals surface area contributed by atoms with Gasteiger partial charge in [0.05, 0.1) is 18.2 Å². The van der Waals surface area contributed by atoms with E-state index < -0.39 is 0 Å². The van der Waals surface area contributed by atoms with Gasteiger partial charge >= 0.3 is 0 Å². The molecule has 2 amide bonds. The molecular weight excluding hydrogens is 512 g/mol. The van der Waals surface area contributed by atoms with Gasteiger partial charge in [0, 0.05) is 14.6 Å². The zero-order chi connectivity index (χ0) is 21.5. The standard InChI is InChI=1S/C22H20Br2N4O2/c23-15-10-11-19(27-22(30)16-8-4-5-9-18(16)24)17(12-15)21(26-13-20(29)28-25)14-6-2-1-3-7-14/h1-12,21,26H,13,25H2,(H,27,30)(H,28,29)/t21-/m0/s1. The van der Waals surface area contributed by atoms with E-state index in [0.717, 1.165) is 15.6 Å². The minimum Gasteiger partial charge on any atom is -0.322 e. The number of hydrazine groups is 1. The van der Waals surface area contributed by atoms with E-state index in [1.54, 1.807) is 6.07 Å². The molecule has 0 heterocycles. The molecule has 0 aliphatic carbocycles. The van der Waals surface area contributed by atoms with Crippen LogP contribution >= 0.6 is 31.9 Å². The number of amides is 2. The summed E-state index contributed by atoms with van der Waals surface area (Å²) >= 11 is 6.92. The van der Waals surface area contributed by atoms with Crippen LogP contribution in [0, 0.1) is 0 Å². The lowest BCUT2D eigenvalue weighted by Gasteiger charge is -2.23. The molecule has 0 saturated carbocycles. The molecule has 1 atom stereocenters. The molecule has 0 radical (unpaired) electrons. The first-order chi connectivity index (χ1) is 14.5. The van der Waals surface area contributed by atoms with E-state index in [0.29, 0.717) is 15.7 Å². The predicted molar refractivity (Wildman–Crippen MR) is 125 cm³/mol. The van der Waals surface area contributed by atoms with Crippen LogP contribution in [-0.4, -0.2) is 18.4 Å². The van der Waals surface area contributed by atoms with Crippen molar-refractivity contribution in [3.63, 3.8) is 0 Å². The molecule has 5 N–H and O–H groups in total. The van der Waals surface area contributed by atoms with Gasteiger partial charge in [-0.1, -0.05) is 58.4 Å². The Balaban J connectivity index is 1.99. The third-order valence-corrected chi connectivity index (χ3v) is 5.64. The first kappa shape index (κ1) is 22.2. The summed E-state index contributed by atoms with van der Waals surface area (Å²) in [5.41, 5.74) is 5.03. The average Bonchev–Trinajstić information content (AvgIpc) is 2.76. The van der Waals surface area contributed by atoms with E-state index in [9.17, 15) is 9.59 Å². The van der Waals surface area contributed by atoms with Gasteiger partial charge in [-0.15, -0.1) is 0 Å². The van der Waals surface area contributed by atoms with Gasteiger partial charge in [0.2, 0.25) is 5.91 Å². The van der Waals surface area contributed by atoms with Crippen LogP contribution in [0.5, 0.6) is 0 Å². The number of anilines is 1. The Labute approximate surface area is 191 Å². The highest BCUT2D eigenvalue weighted by Crippen LogP contribution is 2.32. The highest BCUT2D eigenvalue weighted by molar-refractivity contribution is 9.10. The van der Waals surface area contributed by atoms with E-state index in [1.807, 2.05) is 66.7 Å². The van der Waals surface area contributed by atoms with E-state index in [2.05, 4.69) is 47.9 Å². The van der Waals surface area contributed by atoms with Gasteiger partial charge in [-0.2, -0.15) is 0 Å². The van der Waals surface area contributed by atoms with E-state index in [1.165, 1.54) is 0 Å². The molecule has 0 saturated heterocycles. The van der Waals surface area contributed by atoms with Crippen LogP contribution in [0.1, 0.15) is 27.5 Å². The molecule has 30 heavy (non-hydrogen) atoms. The maximum atomic E-state index is 12.9. The predicted octanol–water partition coefficient (Wildman–Crippen LogP) is 4.13. The fourth-order valence-corrected chi connectivity index (χ4v) is 3.86. The van der Waals surface area contributed by atoms with E-state index in [-0.39, 0.29) is 24.4 Å². The van der Waals surface area contributed by atoms with Crippen molar-refractivity contribution in [1.29, 1.82) is 0 Å². The lowest BCUT2D eigenvalue weighted by molar-refractivity contribution is -0.120. The quantitative estimate of drug-likeness (QED) is 0.209. The Kier molecular flexibility index (Phi) is 7.75. The molecule has 6 nitrogen and oxygen atoms in total. The van der Waals surface area contributed by atoms with Crippen molar-refractivity contribution < 1.29 is 9.59 Å². The van der Waals surface area contributed by atoms with Gasteiger partial charge in [0.25, 0.3) is 5.91 Å². The van der Waals surface area contributed by atoms with Gasteiger partial charge in [-0.25, -0.2) is 5.84 Å². The molecule has 0 aromatic heterocycles. The number of rotatable bonds is 7. The minimum absolute atomic E-state index is 0.0141. The third-order valence-electron chi connectivity index (χ3n) is 4.45. The fourth-order valence-electron chi connectivity index (χ4n) is 3.02. The average molecular weight is 532 g/mol. The number of carbonyl (C=O) groups is 2.